The SMILES string of the molecule is CCc1ccc(CN2CCc3nc(C(C)C)ncc3C2)s1. The number of hydrogen-bond donors (Lipinski definition) is 0. The average Bonchev–Trinajstić information content (AvgIpc) is 2.94. The highest BCUT2D eigenvalue weighted by Crippen LogP contribution is 2.23. The number of aromatic nitrogens is 2. The molecule has 3 heterocycles. The van der Waals surface area contributed by atoms with E-state index in [1.54, 1.807) is 0 Å². The Bertz CT molecular complexity index is 618. The van der Waals surface area contributed by atoms with Crippen molar-refractivity contribution in [3.05, 3.63) is 45.2 Å². The Morgan fingerprint density at radius 2 is 2.10 bits per heavy atom. The van der Waals surface area contributed by atoms with Crippen LogP contribution in [0.3, 0.4) is 0 Å². The van der Waals surface area contributed by atoms with Crippen molar-refractivity contribution in [2.75, 3.05) is 6.54 Å². The molecule has 0 aliphatic carbocycles. The molecule has 21 heavy (non-hydrogen) atoms. The number of thiophene rings is 1. The van der Waals surface area contributed by atoms with E-state index in [1.165, 1.54) is 21.0 Å². The van der Waals surface area contributed by atoms with Crippen LogP contribution in [0.4, 0.5) is 0 Å². The van der Waals surface area contributed by atoms with Crippen LogP contribution in [0.15, 0.2) is 18.3 Å². The largest absolute Gasteiger partial charge is 0.293 e. The van der Waals surface area contributed by atoms with Crippen molar-refractivity contribution >= 4 is 11.3 Å². The van der Waals surface area contributed by atoms with Gasteiger partial charge in [0.2, 0.25) is 0 Å². The zero-order valence-corrected chi connectivity index (χ0v) is 13.9. The lowest BCUT2D eigenvalue weighted by Gasteiger charge is -2.27. The molecule has 0 aromatic carbocycles. The molecule has 0 atom stereocenters. The van der Waals surface area contributed by atoms with E-state index in [2.05, 4.69) is 42.8 Å². The fourth-order valence-corrected chi connectivity index (χ4v) is 3.72. The third-order valence-electron chi connectivity index (χ3n) is 3.99. The minimum atomic E-state index is 0.409. The van der Waals surface area contributed by atoms with Gasteiger partial charge in [0.05, 0.1) is 0 Å². The van der Waals surface area contributed by atoms with E-state index in [1.807, 2.05) is 17.5 Å². The Morgan fingerprint density at radius 1 is 1.29 bits per heavy atom. The van der Waals surface area contributed by atoms with E-state index in [9.17, 15) is 0 Å². The number of rotatable bonds is 4. The van der Waals surface area contributed by atoms with Gasteiger partial charge in [0.15, 0.2) is 0 Å². The maximum Gasteiger partial charge on any atom is 0.131 e. The van der Waals surface area contributed by atoms with E-state index >= 15 is 0 Å². The maximum atomic E-state index is 4.74. The van der Waals surface area contributed by atoms with Gasteiger partial charge >= 0.3 is 0 Å². The Balaban J connectivity index is 1.69. The van der Waals surface area contributed by atoms with Crippen molar-refractivity contribution in [2.24, 2.45) is 0 Å². The fourth-order valence-electron chi connectivity index (χ4n) is 2.72. The number of nitrogens with zero attached hydrogens (tertiary/aromatic N) is 3. The van der Waals surface area contributed by atoms with Crippen LogP contribution in [0.2, 0.25) is 0 Å². The van der Waals surface area contributed by atoms with Crippen LogP contribution in [0.25, 0.3) is 0 Å². The molecular formula is C17H23N3S. The predicted octanol–water partition coefficient (Wildman–Crippen LogP) is 3.78. The molecule has 0 spiro atoms. The van der Waals surface area contributed by atoms with Crippen molar-refractivity contribution in [2.45, 2.75) is 52.6 Å². The van der Waals surface area contributed by atoms with Crippen LogP contribution >= 0.6 is 11.3 Å². The minimum Gasteiger partial charge on any atom is -0.293 e. The maximum absolute atomic E-state index is 4.74. The highest BCUT2D eigenvalue weighted by atomic mass is 32.1. The molecule has 0 radical (unpaired) electrons. The van der Waals surface area contributed by atoms with Crippen LogP contribution in [-0.4, -0.2) is 21.4 Å². The van der Waals surface area contributed by atoms with Crippen molar-refractivity contribution in [1.82, 2.24) is 14.9 Å². The summed E-state index contributed by atoms with van der Waals surface area (Å²) in [6, 6.07) is 4.54. The third-order valence-corrected chi connectivity index (χ3v) is 5.21. The van der Waals surface area contributed by atoms with Crippen molar-refractivity contribution in [3.63, 3.8) is 0 Å². The monoisotopic (exact) mass is 301 g/mol. The summed E-state index contributed by atoms with van der Waals surface area (Å²) < 4.78 is 0. The molecule has 1 aliphatic heterocycles. The minimum absolute atomic E-state index is 0.409. The summed E-state index contributed by atoms with van der Waals surface area (Å²) in [5.41, 5.74) is 2.56. The van der Waals surface area contributed by atoms with Gasteiger partial charge in [-0.1, -0.05) is 20.8 Å². The van der Waals surface area contributed by atoms with Crippen LogP contribution in [0.5, 0.6) is 0 Å². The second kappa shape index (κ2) is 6.24. The van der Waals surface area contributed by atoms with Crippen LogP contribution in [-0.2, 0) is 25.9 Å². The number of hydrogen-bond acceptors (Lipinski definition) is 4. The molecule has 3 nitrogen and oxygen atoms in total. The van der Waals surface area contributed by atoms with Gasteiger partial charge in [-0.05, 0) is 18.6 Å². The Labute approximate surface area is 131 Å². The van der Waals surface area contributed by atoms with Gasteiger partial charge < -0.3 is 0 Å². The second-order valence-corrected chi connectivity index (χ2v) is 7.29. The van der Waals surface area contributed by atoms with Gasteiger partial charge in [-0.25, -0.2) is 9.97 Å². The normalized spacial score (nSPS) is 15.4. The van der Waals surface area contributed by atoms with Gasteiger partial charge in [0.1, 0.15) is 5.82 Å². The van der Waals surface area contributed by atoms with Crippen molar-refractivity contribution in [1.29, 1.82) is 0 Å². The summed E-state index contributed by atoms with van der Waals surface area (Å²) in [6.07, 6.45) is 4.22. The molecule has 0 N–H and O–H groups in total. The molecular weight excluding hydrogens is 278 g/mol. The van der Waals surface area contributed by atoms with E-state index in [0.29, 0.717) is 5.92 Å². The Hall–Kier alpha value is -1.26. The molecule has 1 aliphatic rings. The highest BCUT2D eigenvalue weighted by Gasteiger charge is 2.19. The summed E-state index contributed by atoms with van der Waals surface area (Å²) in [5, 5.41) is 0. The molecule has 0 fully saturated rings. The molecule has 0 saturated carbocycles. The third kappa shape index (κ3) is 3.33. The molecule has 0 unspecified atom stereocenters. The zero-order chi connectivity index (χ0) is 14.8. The summed E-state index contributed by atoms with van der Waals surface area (Å²) in [6.45, 7) is 9.65. The topological polar surface area (TPSA) is 29.0 Å². The fraction of sp³-hybridized carbons (Fsp3) is 0.529. The smallest absolute Gasteiger partial charge is 0.131 e. The summed E-state index contributed by atoms with van der Waals surface area (Å²) >= 11 is 1.94. The lowest BCUT2D eigenvalue weighted by atomic mass is 10.1. The van der Waals surface area contributed by atoms with Gasteiger partial charge in [-0.3, -0.25) is 4.90 Å². The summed E-state index contributed by atoms with van der Waals surface area (Å²) in [7, 11) is 0. The van der Waals surface area contributed by atoms with Crippen LogP contribution in [0.1, 0.15) is 53.5 Å². The lowest BCUT2D eigenvalue weighted by molar-refractivity contribution is 0.244. The van der Waals surface area contributed by atoms with Crippen molar-refractivity contribution in [3.8, 4) is 0 Å². The molecule has 112 valence electrons. The Kier molecular flexibility index (Phi) is 4.36. The quantitative estimate of drug-likeness (QED) is 0.860. The van der Waals surface area contributed by atoms with E-state index in [0.717, 1.165) is 38.3 Å². The van der Waals surface area contributed by atoms with E-state index in [-0.39, 0.29) is 0 Å². The first kappa shape index (κ1) is 14.7. The van der Waals surface area contributed by atoms with E-state index in [4.69, 9.17) is 4.98 Å². The first-order valence-electron chi connectivity index (χ1n) is 7.80. The van der Waals surface area contributed by atoms with Crippen LogP contribution < -0.4 is 0 Å². The zero-order valence-electron chi connectivity index (χ0n) is 13.1. The lowest BCUT2D eigenvalue weighted by Crippen LogP contribution is -2.30. The van der Waals surface area contributed by atoms with Crippen molar-refractivity contribution < 1.29 is 0 Å². The molecule has 0 bridgehead atoms. The standard InChI is InChI=1S/C17H23N3S/c1-4-14-5-6-15(21-14)11-20-8-7-16-13(10-20)9-18-17(19-16)12(2)3/h5-6,9,12H,4,7-8,10-11H2,1-3H3. The number of fused-ring (bicyclic) bond motifs is 1. The molecule has 0 amide bonds. The highest BCUT2D eigenvalue weighted by molar-refractivity contribution is 7.11. The second-order valence-electron chi connectivity index (χ2n) is 6.04. The van der Waals surface area contributed by atoms with Gasteiger partial charge in [0, 0.05) is 59.2 Å². The van der Waals surface area contributed by atoms with Gasteiger partial charge in [-0.15, -0.1) is 11.3 Å². The molecule has 4 heteroatoms. The molecule has 2 aromatic heterocycles. The Morgan fingerprint density at radius 3 is 2.81 bits per heavy atom. The summed E-state index contributed by atoms with van der Waals surface area (Å²) in [5.74, 6) is 1.39. The van der Waals surface area contributed by atoms with Gasteiger partial charge in [0.25, 0.3) is 0 Å². The predicted molar refractivity (Wildman–Crippen MR) is 87.6 cm³/mol. The molecule has 0 saturated heterocycles. The molecule has 3 rings (SSSR count). The van der Waals surface area contributed by atoms with Crippen LogP contribution in [0, 0.1) is 0 Å². The number of aryl methyl sites for hydroxylation is 1. The van der Waals surface area contributed by atoms with Gasteiger partial charge in [-0.2, -0.15) is 0 Å². The first-order valence-corrected chi connectivity index (χ1v) is 8.62. The summed E-state index contributed by atoms with van der Waals surface area (Å²) in [4.78, 5) is 14.7. The average molecular weight is 301 g/mol. The van der Waals surface area contributed by atoms with E-state index < -0.39 is 0 Å². The molecule has 2 aromatic rings. The first-order chi connectivity index (χ1) is 10.2.